The summed E-state index contributed by atoms with van der Waals surface area (Å²) in [6.07, 6.45) is 1.65. The van der Waals surface area contributed by atoms with Crippen LogP contribution in [0.25, 0.3) is 27.5 Å². The van der Waals surface area contributed by atoms with E-state index in [0.29, 0.717) is 11.3 Å². The zero-order chi connectivity index (χ0) is 19.1. The minimum atomic E-state index is -0.158. The standard InChI is InChI=1S/C22H17N5O/c1-14-26-23-13-27(14)16-7-4-6-15(12-16)24-22(28)19-10-5-9-18-17-8-2-3-11-20(17)25-21(18)19/h2-13,25H,1H3,(H,24,28). The first-order chi connectivity index (χ1) is 13.7. The van der Waals surface area contributed by atoms with Crippen LogP contribution in [-0.2, 0) is 0 Å². The predicted octanol–water partition coefficient (Wildman–Crippen LogP) is 4.46. The molecule has 0 radical (unpaired) electrons. The van der Waals surface area contributed by atoms with E-state index in [-0.39, 0.29) is 5.91 Å². The van der Waals surface area contributed by atoms with E-state index < -0.39 is 0 Å². The molecule has 28 heavy (non-hydrogen) atoms. The van der Waals surface area contributed by atoms with Gasteiger partial charge in [-0.05, 0) is 37.3 Å². The van der Waals surface area contributed by atoms with Crippen molar-refractivity contribution in [1.29, 1.82) is 0 Å². The number of H-pyrrole nitrogens is 1. The Morgan fingerprint density at radius 1 is 1.00 bits per heavy atom. The lowest BCUT2D eigenvalue weighted by molar-refractivity contribution is 0.102. The maximum Gasteiger partial charge on any atom is 0.257 e. The van der Waals surface area contributed by atoms with Crippen molar-refractivity contribution in [2.75, 3.05) is 5.32 Å². The maximum absolute atomic E-state index is 13.0. The van der Waals surface area contributed by atoms with Crippen molar-refractivity contribution < 1.29 is 4.79 Å². The number of aromatic amines is 1. The van der Waals surface area contributed by atoms with Crippen LogP contribution >= 0.6 is 0 Å². The average Bonchev–Trinajstić information content (AvgIpc) is 3.31. The smallest absolute Gasteiger partial charge is 0.257 e. The van der Waals surface area contributed by atoms with Gasteiger partial charge in [0.2, 0.25) is 0 Å². The number of aromatic nitrogens is 4. The Labute approximate surface area is 160 Å². The second kappa shape index (κ2) is 6.35. The SMILES string of the molecule is Cc1nncn1-c1cccc(NC(=O)c2cccc3c2[nH]c2ccccc23)c1. The Morgan fingerprint density at radius 3 is 2.68 bits per heavy atom. The lowest BCUT2D eigenvalue weighted by Gasteiger charge is -2.09. The first kappa shape index (κ1) is 16.3. The predicted molar refractivity (Wildman–Crippen MR) is 110 cm³/mol. The Hall–Kier alpha value is -3.93. The molecule has 0 spiro atoms. The van der Waals surface area contributed by atoms with Gasteiger partial charge in [0, 0.05) is 22.0 Å². The second-order valence-corrected chi connectivity index (χ2v) is 6.65. The fourth-order valence-electron chi connectivity index (χ4n) is 3.54. The monoisotopic (exact) mass is 367 g/mol. The fraction of sp³-hybridized carbons (Fsp3) is 0.0455. The highest BCUT2D eigenvalue weighted by Gasteiger charge is 2.14. The van der Waals surface area contributed by atoms with Gasteiger partial charge in [-0.25, -0.2) is 0 Å². The molecule has 0 bridgehead atoms. The summed E-state index contributed by atoms with van der Waals surface area (Å²) in [5.74, 6) is 0.626. The Bertz CT molecular complexity index is 1330. The van der Waals surface area contributed by atoms with Crippen molar-refractivity contribution in [3.63, 3.8) is 0 Å². The van der Waals surface area contributed by atoms with E-state index in [1.54, 1.807) is 6.33 Å². The molecule has 3 aromatic carbocycles. The number of para-hydroxylation sites is 2. The summed E-state index contributed by atoms with van der Waals surface area (Å²) >= 11 is 0. The molecule has 136 valence electrons. The highest BCUT2D eigenvalue weighted by atomic mass is 16.1. The maximum atomic E-state index is 13.0. The molecule has 2 heterocycles. The van der Waals surface area contributed by atoms with Crippen molar-refractivity contribution in [2.45, 2.75) is 6.92 Å². The molecular weight excluding hydrogens is 350 g/mol. The van der Waals surface area contributed by atoms with Crippen LogP contribution in [0.2, 0.25) is 0 Å². The molecule has 0 aliphatic rings. The van der Waals surface area contributed by atoms with Crippen LogP contribution in [0.1, 0.15) is 16.2 Å². The van der Waals surface area contributed by atoms with Crippen LogP contribution in [0.3, 0.4) is 0 Å². The molecule has 5 rings (SSSR count). The molecule has 0 aliphatic heterocycles. The van der Waals surface area contributed by atoms with Gasteiger partial charge in [-0.15, -0.1) is 10.2 Å². The first-order valence-corrected chi connectivity index (χ1v) is 8.98. The fourth-order valence-corrected chi connectivity index (χ4v) is 3.54. The molecule has 0 saturated carbocycles. The van der Waals surface area contributed by atoms with E-state index in [1.807, 2.05) is 72.2 Å². The Morgan fingerprint density at radius 2 is 1.82 bits per heavy atom. The molecular formula is C22H17N5O. The lowest BCUT2D eigenvalue weighted by atomic mass is 10.1. The average molecular weight is 367 g/mol. The van der Waals surface area contributed by atoms with E-state index >= 15 is 0 Å². The number of benzene rings is 3. The molecule has 6 nitrogen and oxygen atoms in total. The van der Waals surface area contributed by atoms with Crippen molar-refractivity contribution in [3.05, 3.63) is 84.4 Å². The lowest BCUT2D eigenvalue weighted by Crippen LogP contribution is -2.12. The summed E-state index contributed by atoms with van der Waals surface area (Å²) in [7, 11) is 0. The summed E-state index contributed by atoms with van der Waals surface area (Å²) in [6, 6.07) is 21.4. The van der Waals surface area contributed by atoms with E-state index in [9.17, 15) is 4.79 Å². The van der Waals surface area contributed by atoms with Gasteiger partial charge < -0.3 is 10.3 Å². The van der Waals surface area contributed by atoms with Gasteiger partial charge >= 0.3 is 0 Å². The molecule has 6 heteroatoms. The number of hydrogen-bond acceptors (Lipinski definition) is 3. The first-order valence-electron chi connectivity index (χ1n) is 8.98. The minimum Gasteiger partial charge on any atom is -0.354 e. The van der Waals surface area contributed by atoms with E-state index in [2.05, 4.69) is 26.6 Å². The molecule has 2 N–H and O–H groups in total. The van der Waals surface area contributed by atoms with Crippen LogP contribution in [0.5, 0.6) is 0 Å². The Balaban J connectivity index is 1.52. The molecule has 0 unspecified atom stereocenters. The van der Waals surface area contributed by atoms with Crippen LogP contribution in [0.15, 0.2) is 73.1 Å². The van der Waals surface area contributed by atoms with Gasteiger partial charge in [-0.2, -0.15) is 0 Å². The van der Waals surface area contributed by atoms with Crippen molar-refractivity contribution in [2.24, 2.45) is 0 Å². The number of carbonyl (C=O) groups excluding carboxylic acids is 1. The van der Waals surface area contributed by atoms with Crippen molar-refractivity contribution >= 4 is 33.4 Å². The topological polar surface area (TPSA) is 75.6 Å². The molecule has 0 atom stereocenters. The normalized spacial score (nSPS) is 11.2. The number of hydrogen-bond donors (Lipinski definition) is 2. The minimum absolute atomic E-state index is 0.158. The van der Waals surface area contributed by atoms with Gasteiger partial charge in [0.05, 0.1) is 16.8 Å². The quantitative estimate of drug-likeness (QED) is 0.494. The van der Waals surface area contributed by atoms with E-state index in [0.717, 1.165) is 33.3 Å². The van der Waals surface area contributed by atoms with Gasteiger partial charge in [-0.3, -0.25) is 9.36 Å². The zero-order valence-corrected chi connectivity index (χ0v) is 15.2. The highest BCUT2D eigenvalue weighted by Crippen LogP contribution is 2.28. The molecule has 0 fully saturated rings. The van der Waals surface area contributed by atoms with Gasteiger partial charge in [0.25, 0.3) is 5.91 Å². The third kappa shape index (κ3) is 2.63. The summed E-state index contributed by atoms with van der Waals surface area (Å²) in [5.41, 5.74) is 4.07. The molecule has 1 amide bonds. The van der Waals surface area contributed by atoms with Crippen LogP contribution < -0.4 is 5.32 Å². The van der Waals surface area contributed by atoms with Crippen molar-refractivity contribution in [3.8, 4) is 5.69 Å². The summed E-state index contributed by atoms with van der Waals surface area (Å²) in [4.78, 5) is 16.4. The highest BCUT2D eigenvalue weighted by molar-refractivity contribution is 6.17. The zero-order valence-electron chi connectivity index (χ0n) is 15.2. The van der Waals surface area contributed by atoms with Crippen LogP contribution in [0, 0.1) is 6.92 Å². The summed E-state index contributed by atoms with van der Waals surface area (Å²) < 4.78 is 1.87. The van der Waals surface area contributed by atoms with E-state index in [1.165, 1.54) is 0 Å². The second-order valence-electron chi connectivity index (χ2n) is 6.65. The number of aryl methyl sites for hydroxylation is 1. The van der Waals surface area contributed by atoms with Crippen LogP contribution in [0.4, 0.5) is 5.69 Å². The Kier molecular flexibility index (Phi) is 3.69. The number of carbonyl (C=O) groups is 1. The number of anilines is 1. The summed E-state index contributed by atoms with van der Waals surface area (Å²) in [5, 5.41) is 13.1. The molecule has 0 aliphatic carbocycles. The third-order valence-electron chi connectivity index (χ3n) is 4.89. The van der Waals surface area contributed by atoms with Gasteiger partial charge in [-0.1, -0.05) is 36.4 Å². The third-order valence-corrected chi connectivity index (χ3v) is 4.89. The molecule has 2 aromatic heterocycles. The number of amides is 1. The summed E-state index contributed by atoms with van der Waals surface area (Å²) in [6.45, 7) is 1.88. The number of nitrogens with one attached hydrogen (secondary N) is 2. The van der Waals surface area contributed by atoms with Gasteiger partial charge in [0.15, 0.2) is 0 Å². The number of fused-ring (bicyclic) bond motifs is 3. The van der Waals surface area contributed by atoms with Gasteiger partial charge in [0.1, 0.15) is 12.2 Å². The number of rotatable bonds is 3. The largest absolute Gasteiger partial charge is 0.354 e. The van der Waals surface area contributed by atoms with E-state index in [4.69, 9.17) is 0 Å². The molecule has 5 aromatic rings. The van der Waals surface area contributed by atoms with Crippen LogP contribution in [-0.4, -0.2) is 25.7 Å². The number of nitrogens with zero attached hydrogens (tertiary/aromatic N) is 3. The van der Waals surface area contributed by atoms with Crippen molar-refractivity contribution in [1.82, 2.24) is 19.7 Å². The molecule has 0 saturated heterocycles.